The molecule has 1 aliphatic rings. The molecule has 1 heterocycles. The Hall–Kier alpha value is -1.82. The molecule has 128 valence electrons. The number of carbonyl (C=O) groups excluding carboxylic acids is 1. The van der Waals surface area contributed by atoms with Crippen LogP contribution in [-0.4, -0.2) is 25.9 Å². The van der Waals surface area contributed by atoms with E-state index in [0.717, 1.165) is 23.2 Å². The standard InChI is InChI=1S/C18H24N4OS/c1-4-22-16(13-10-11-13)20-21-18(22)24-15(12(2)3)17(23)19-14-8-6-5-7-9-14/h5-9,12-13,15H,4,10-11H2,1-3H3,(H,19,23)/t15-/m0/s1. The fourth-order valence-electron chi connectivity index (χ4n) is 2.67. The highest BCUT2D eigenvalue weighted by atomic mass is 32.2. The Morgan fingerprint density at radius 2 is 2.00 bits per heavy atom. The summed E-state index contributed by atoms with van der Waals surface area (Å²) in [5.41, 5.74) is 0.823. The molecule has 0 radical (unpaired) electrons. The number of hydrogen-bond acceptors (Lipinski definition) is 4. The number of thioether (sulfide) groups is 1. The zero-order valence-electron chi connectivity index (χ0n) is 14.4. The van der Waals surface area contributed by atoms with Crippen LogP contribution in [0, 0.1) is 5.92 Å². The minimum absolute atomic E-state index is 0.0137. The van der Waals surface area contributed by atoms with Gasteiger partial charge in [0.2, 0.25) is 5.91 Å². The number of benzene rings is 1. The van der Waals surface area contributed by atoms with Crippen LogP contribution in [0.25, 0.3) is 0 Å². The van der Waals surface area contributed by atoms with Gasteiger partial charge in [-0.15, -0.1) is 10.2 Å². The Kier molecular flexibility index (Phi) is 5.23. The van der Waals surface area contributed by atoms with Gasteiger partial charge in [0.25, 0.3) is 0 Å². The largest absolute Gasteiger partial charge is 0.325 e. The Morgan fingerprint density at radius 1 is 1.29 bits per heavy atom. The van der Waals surface area contributed by atoms with E-state index in [9.17, 15) is 4.79 Å². The molecule has 1 atom stereocenters. The number of aromatic nitrogens is 3. The van der Waals surface area contributed by atoms with E-state index in [1.54, 1.807) is 0 Å². The summed E-state index contributed by atoms with van der Waals surface area (Å²) in [4.78, 5) is 12.7. The molecule has 1 aliphatic carbocycles. The Morgan fingerprint density at radius 3 is 2.58 bits per heavy atom. The molecule has 0 aliphatic heterocycles. The second-order valence-corrected chi connectivity index (χ2v) is 7.61. The second-order valence-electron chi connectivity index (χ2n) is 6.50. The molecule has 24 heavy (non-hydrogen) atoms. The molecular weight excluding hydrogens is 320 g/mol. The van der Waals surface area contributed by atoms with E-state index in [1.165, 1.54) is 24.6 Å². The van der Waals surface area contributed by atoms with Crippen molar-refractivity contribution in [2.45, 2.75) is 56.5 Å². The lowest BCUT2D eigenvalue weighted by Gasteiger charge is -2.19. The lowest BCUT2D eigenvalue weighted by Crippen LogP contribution is -2.30. The highest BCUT2D eigenvalue weighted by Gasteiger charge is 2.32. The van der Waals surface area contributed by atoms with Crippen molar-refractivity contribution >= 4 is 23.4 Å². The van der Waals surface area contributed by atoms with Crippen LogP contribution in [0.15, 0.2) is 35.5 Å². The van der Waals surface area contributed by atoms with Crippen LogP contribution < -0.4 is 5.32 Å². The number of nitrogens with one attached hydrogen (secondary N) is 1. The molecule has 3 rings (SSSR count). The lowest BCUT2D eigenvalue weighted by atomic mass is 10.1. The molecule has 0 bridgehead atoms. The van der Waals surface area contributed by atoms with Crippen LogP contribution in [0.4, 0.5) is 5.69 Å². The fraction of sp³-hybridized carbons (Fsp3) is 0.500. The zero-order valence-corrected chi connectivity index (χ0v) is 15.2. The van der Waals surface area contributed by atoms with E-state index in [0.29, 0.717) is 5.92 Å². The third kappa shape index (κ3) is 3.80. The van der Waals surface area contributed by atoms with E-state index in [2.05, 4.69) is 40.9 Å². The van der Waals surface area contributed by atoms with Crippen LogP contribution in [0.1, 0.15) is 45.4 Å². The van der Waals surface area contributed by atoms with Gasteiger partial charge < -0.3 is 9.88 Å². The second kappa shape index (κ2) is 7.38. The minimum Gasteiger partial charge on any atom is -0.325 e. The van der Waals surface area contributed by atoms with E-state index in [1.807, 2.05) is 30.3 Å². The Balaban J connectivity index is 1.75. The number of amides is 1. The molecule has 1 fully saturated rings. The molecule has 2 aromatic rings. The smallest absolute Gasteiger partial charge is 0.238 e. The first-order valence-electron chi connectivity index (χ1n) is 8.55. The Bertz CT molecular complexity index is 694. The van der Waals surface area contributed by atoms with Crippen LogP contribution in [0.2, 0.25) is 0 Å². The van der Waals surface area contributed by atoms with Crippen LogP contribution in [0.5, 0.6) is 0 Å². The van der Waals surface area contributed by atoms with E-state index in [4.69, 9.17) is 0 Å². The molecule has 1 saturated carbocycles. The molecule has 1 N–H and O–H groups in total. The summed E-state index contributed by atoms with van der Waals surface area (Å²) in [6.45, 7) is 7.08. The van der Waals surface area contributed by atoms with Gasteiger partial charge in [0.15, 0.2) is 5.16 Å². The predicted octanol–water partition coefficient (Wildman–Crippen LogP) is 3.93. The van der Waals surface area contributed by atoms with E-state index >= 15 is 0 Å². The average Bonchev–Trinajstić information content (AvgIpc) is 3.33. The minimum atomic E-state index is -0.202. The Labute approximate surface area is 147 Å². The first-order valence-corrected chi connectivity index (χ1v) is 9.43. The van der Waals surface area contributed by atoms with Gasteiger partial charge in [-0.05, 0) is 37.8 Å². The summed E-state index contributed by atoms with van der Waals surface area (Å²) < 4.78 is 2.16. The van der Waals surface area contributed by atoms with Crippen molar-refractivity contribution in [3.63, 3.8) is 0 Å². The molecule has 6 heteroatoms. The maximum absolute atomic E-state index is 12.7. The molecule has 5 nitrogen and oxygen atoms in total. The highest BCUT2D eigenvalue weighted by Crippen LogP contribution is 2.40. The summed E-state index contributed by atoms with van der Waals surface area (Å²) in [5.74, 6) is 1.85. The summed E-state index contributed by atoms with van der Waals surface area (Å²) >= 11 is 1.52. The lowest BCUT2D eigenvalue weighted by molar-refractivity contribution is -0.116. The van der Waals surface area contributed by atoms with Gasteiger partial charge in [-0.3, -0.25) is 4.79 Å². The number of rotatable bonds is 7. The summed E-state index contributed by atoms with van der Waals surface area (Å²) in [6.07, 6.45) is 2.40. The van der Waals surface area contributed by atoms with Gasteiger partial charge in [-0.2, -0.15) is 0 Å². The molecular formula is C18H24N4OS. The van der Waals surface area contributed by atoms with Crippen molar-refractivity contribution in [1.82, 2.24) is 14.8 Å². The molecule has 1 aromatic carbocycles. The average molecular weight is 344 g/mol. The topological polar surface area (TPSA) is 59.8 Å². The van der Waals surface area contributed by atoms with Gasteiger partial charge in [0.05, 0.1) is 5.25 Å². The number of para-hydroxylation sites is 1. The van der Waals surface area contributed by atoms with E-state index < -0.39 is 0 Å². The molecule has 1 amide bonds. The predicted molar refractivity (Wildman–Crippen MR) is 97.2 cm³/mol. The SMILES string of the molecule is CCn1c(S[C@H](C(=O)Nc2ccccc2)C(C)C)nnc1C1CC1. The maximum atomic E-state index is 12.7. The number of hydrogen-bond donors (Lipinski definition) is 1. The van der Waals surface area contributed by atoms with Crippen LogP contribution in [-0.2, 0) is 11.3 Å². The normalized spacial score (nSPS) is 15.5. The third-order valence-electron chi connectivity index (χ3n) is 4.14. The van der Waals surface area contributed by atoms with E-state index in [-0.39, 0.29) is 17.1 Å². The van der Waals surface area contributed by atoms with Crippen molar-refractivity contribution in [2.75, 3.05) is 5.32 Å². The summed E-state index contributed by atoms with van der Waals surface area (Å²) in [7, 11) is 0. The van der Waals surface area contributed by atoms with Gasteiger partial charge in [0, 0.05) is 18.2 Å². The van der Waals surface area contributed by atoms with Crippen molar-refractivity contribution < 1.29 is 4.79 Å². The molecule has 0 saturated heterocycles. The first kappa shape index (κ1) is 17.0. The highest BCUT2D eigenvalue weighted by molar-refractivity contribution is 8.00. The van der Waals surface area contributed by atoms with Crippen LogP contribution >= 0.6 is 11.8 Å². The monoisotopic (exact) mass is 344 g/mol. The van der Waals surface area contributed by atoms with Crippen molar-refractivity contribution in [2.24, 2.45) is 5.92 Å². The number of carbonyl (C=O) groups is 1. The zero-order chi connectivity index (χ0) is 17.1. The summed E-state index contributed by atoms with van der Waals surface area (Å²) in [6, 6.07) is 9.58. The van der Waals surface area contributed by atoms with Crippen LogP contribution in [0.3, 0.4) is 0 Å². The molecule has 1 aromatic heterocycles. The van der Waals surface area contributed by atoms with Crippen molar-refractivity contribution in [3.8, 4) is 0 Å². The fourth-order valence-corrected chi connectivity index (χ4v) is 3.77. The summed E-state index contributed by atoms with van der Waals surface area (Å²) in [5, 5.41) is 12.4. The molecule has 0 unspecified atom stereocenters. The number of nitrogens with zero attached hydrogens (tertiary/aromatic N) is 3. The van der Waals surface area contributed by atoms with Gasteiger partial charge in [0.1, 0.15) is 5.82 Å². The maximum Gasteiger partial charge on any atom is 0.238 e. The van der Waals surface area contributed by atoms with Gasteiger partial charge in [-0.1, -0.05) is 43.8 Å². The molecule has 0 spiro atoms. The third-order valence-corrected chi connectivity index (χ3v) is 5.67. The van der Waals surface area contributed by atoms with Gasteiger partial charge in [-0.25, -0.2) is 0 Å². The van der Waals surface area contributed by atoms with Gasteiger partial charge >= 0.3 is 0 Å². The van der Waals surface area contributed by atoms with Crippen molar-refractivity contribution in [3.05, 3.63) is 36.2 Å². The van der Waals surface area contributed by atoms with Crippen molar-refractivity contribution in [1.29, 1.82) is 0 Å². The number of anilines is 1. The first-order chi connectivity index (χ1) is 11.6. The quantitative estimate of drug-likeness (QED) is 0.773.